The van der Waals surface area contributed by atoms with Crippen LogP contribution in [0.5, 0.6) is 0 Å². The zero-order valence-corrected chi connectivity index (χ0v) is 32.2. The van der Waals surface area contributed by atoms with Crippen molar-refractivity contribution in [3.05, 3.63) is 199 Å². The first kappa shape index (κ1) is 32.8. The Morgan fingerprint density at radius 3 is 1.93 bits per heavy atom. The highest BCUT2D eigenvalue weighted by Crippen LogP contribution is 2.51. The van der Waals surface area contributed by atoms with Gasteiger partial charge in [-0.05, 0) is 110 Å². The molecule has 0 saturated heterocycles. The molecule has 11 aromatic rings. The second-order valence-corrected chi connectivity index (χ2v) is 16.1. The number of benzene rings is 9. The van der Waals surface area contributed by atoms with Crippen molar-refractivity contribution in [3.63, 3.8) is 0 Å². The summed E-state index contributed by atoms with van der Waals surface area (Å²) in [7, 11) is 0. The lowest BCUT2D eigenvalue weighted by Crippen LogP contribution is -2.16. The number of fused-ring (bicyclic) bond motifs is 10. The molecule has 0 unspecified atom stereocenters. The second-order valence-electron chi connectivity index (χ2n) is 16.1. The van der Waals surface area contributed by atoms with Crippen molar-refractivity contribution < 1.29 is 8.83 Å². The summed E-state index contributed by atoms with van der Waals surface area (Å²) in [6.07, 6.45) is 0. The van der Waals surface area contributed by atoms with E-state index < -0.39 is 0 Å². The molecule has 0 saturated carbocycles. The first-order valence-corrected chi connectivity index (χ1v) is 20.0. The van der Waals surface area contributed by atoms with Crippen LogP contribution >= 0.6 is 0 Å². The molecular weight excluding hydrogens is 707 g/mol. The van der Waals surface area contributed by atoms with Crippen LogP contribution in [0.3, 0.4) is 0 Å². The Bertz CT molecular complexity index is 3420. The minimum atomic E-state index is -0.132. The van der Waals surface area contributed by atoms with Gasteiger partial charge in [0.25, 0.3) is 0 Å². The number of hydrogen-bond donors (Lipinski definition) is 0. The van der Waals surface area contributed by atoms with Crippen molar-refractivity contribution in [2.75, 3.05) is 4.90 Å². The summed E-state index contributed by atoms with van der Waals surface area (Å²) in [5.74, 6) is 0. The Balaban J connectivity index is 1.09. The van der Waals surface area contributed by atoms with Crippen LogP contribution in [0.2, 0.25) is 0 Å². The summed E-state index contributed by atoms with van der Waals surface area (Å²) in [4.78, 5) is 2.39. The van der Waals surface area contributed by atoms with Crippen LogP contribution in [0.25, 0.3) is 88.0 Å². The zero-order chi connectivity index (χ0) is 38.5. The molecule has 9 aromatic carbocycles. The Labute approximate surface area is 336 Å². The zero-order valence-electron chi connectivity index (χ0n) is 32.2. The van der Waals surface area contributed by atoms with E-state index in [1.54, 1.807) is 0 Å². The molecule has 1 aliphatic carbocycles. The highest BCUT2D eigenvalue weighted by molar-refractivity contribution is 6.24. The van der Waals surface area contributed by atoms with Gasteiger partial charge in [-0.1, -0.05) is 141 Å². The highest BCUT2D eigenvalue weighted by atomic mass is 16.3. The number of anilines is 3. The van der Waals surface area contributed by atoms with Gasteiger partial charge in [-0.2, -0.15) is 0 Å². The summed E-state index contributed by atoms with van der Waals surface area (Å²) in [5.41, 5.74) is 16.4. The number of furan rings is 2. The SMILES string of the molecule is CC1(C)c2ccccc2-c2ccc(N(c3ccc(-c4ccccc4)cc3)c3ccc4oc5c(-c6ccc7ccccc7c6)c6c(cc5c4c3)oc3ccccc36)cc21. The van der Waals surface area contributed by atoms with Gasteiger partial charge in [0.15, 0.2) is 0 Å². The van der Waals surface area contributed by atoms with E-state index in [0.717, 1.165) is 72.1 Å². The molecule has 3 nitrogen and oxygen atoms in total. The molecule has 0 atom stereocenters. The monoisotopic (exact) mass is 743 g/mol. The fraction of sp³-hybridized carbons (Fsp3) is 0.0545. The minimum Gasteiger partial charge on any atom is -0.456 e. The average Bonchev–Trinajstić information content (AvgIpc) is 3.90. The average molecular weight is 744 g/mol. The van der Waals surface area contributed by atoms with Crippen molar-refractivity contribution in [3.8, 4) is 33.4 Å². The molecule has 274 valence electrons. The molecule has 0 spiro atoms. The van der Waals surface area contributed by atoms with E-state index in [9.17, 15) is 0 Å². The van der Waals surface area contributed by atoms with E-state index in [1.807, 2.05) is 6.07 Å². The van der Waals surface area contributed by atoms with Crippen LogP contribution in [0, 0.1) is 0 Å². The van der Waals surface area contributed by atoms with Gasteiger partial charge in [0, 0.05) is 49.6 Å². The normalized spacial score (nSPS) is 13.1. The van der Waals surface area contributed by atoms with E-state index in [0.29, 0.717) is 0 Å². The molecular formula is C55H37NO2. The minimum absolute atomic E-state index is 0.132. The van der Waals surface area contributed by atoms with Crippen molar-refractivity contribution in [2.45, 2.75) is 19.3 Å². The number of rotatable bonds is 5. The van der Waals surface area contributed by atoms with Gasteiger partial charge in [0.05, 0.1) is 0 Å². The maximum absolute atomic E-state index is 6.95. The summed E-state index contributed by atoms with van der Waals surface area (Å²) in [6.45, 7) is 4.69. The largest absolute Gasteiger partial charge is 0.456 e. The highest BCUT2D eigenvalue weighted by Gasteiger charge is 2.36. The smallest absolute Gasteiger partial charge is 0.144 e. The van der Waals surface area contributed by atoms with E-state index in [4.69, 9.17) is 8.83 Å². The third-order valence-electron chi connectivity index (χ3n) is 12.4. The molecule has 0 N–H and O–H groups in total. The third-order valence-corrected chi connectivity index (χ3v) is 12.4. The summed E-state index contributed by atoms with van der Waals surface area (Å²) < 4.78 is 13.6. The number of hydrogen-bond acceptors (Lipinski definition) is 3. The molecule has 12 rings (SSSR count). The maximum atomic E-state index is 6.95. The van der Waals surface area contributed by atoms with E-state index >= 15 is 0 Å². The second kappa shape index (κ2) is 12.3. The lowest BCUT2D eigenvalue weighted by Gasteiger charge is -2.28. The quantitative estimate of drug-likeness (QED) is 0.176. The van der Waals surface area contributed by atoms with Crippen LogP contribution in [0.4, 0.5) is 17.1 Å². The van der Waals surface area contributed by atoms with Crippen LogP contribution < -0.4 is 4.90 Å². The van der Waals surface area contributed by atoms with Gasteiger partial charge in [0.1, 0.15) is 22.3 Å². The fourth-order valence-corrected chi connectivity index (χ4v) is 9.57. The van der Waals surface area contributed by atoms with Crippen LogP contribution in [0.1, 0.15) is 25.0 Å². The molecule has 0 aliphatic heterocycles. The molecule has 0 bridgehead atoms. The van der Waals surface area contributed by atoms with Crippen molar-refractivity contribution >= 4 is 71.7 Å². The predicted molar refractivity (Wildman–Crippen MR) is 242 cm³/mol. The molecule has 0 amide bonds. The van der Waals surface area contributed by atoms with E-state index in [1.165, 1.54) is 44.2 Å². The van der Waals surface area contributed by atoms with Gasteiger partial charge in [-0.25, -0.2) is 0 Å². The third kappa shape index (κ3) is 4.86. The Kier molecular flexibility index (Phi) is 6.98. The Hall–Kier alpha value is -7.36. The van der Waals surface area contributed by atoms with Crippen LogP contribution in [-0.2, 0) is 5.41 Å². The van der Waals surface area contributed by atoms with Gasteiger partial charge in [-0.15, -0.1) is 0 Å². The predicted octanol–water partition coefficient (Wildman–Crippen LogP) is 15.7. The standard InChI is InChI=1S/C55H37NO2/c1-55(2)47-18-10-8-16-42(47)43-28-26-41(32-48(43)55)56(39-24-22-36(23-25-39)34-12-4-3-5-13-34)40-27-29-50-45(31-40)46-33-51-53(44-17-9-11-19-49(44)57-51)52(54(46)58-50)38-21-20-35-14-6-7-15-37(35)30-38/h3-33H,1-2H3. The summed E-state index contributed by atoms with van der Waals surface area (Å²) >= 11 is 0. The van der Waals surface area contributed by atoms with Gasteiger partial charge in [0.2, 0.25) is 0 Å². The number of nitrogens with zero attached hydrogens (tertiary/aromatic N) is 1. The lowest BCUT2D eigenvalue weighted by atomic mass is 9.82. The first-order chi connectivity index (χ1) is 28.5. The van der Waals surface area contributed by atoms with Crippen molar-refractivity contribution in [1.29, 1.82) is 0 Å². The van der Waals surface area contributed by atoms with Crippen LogP contribution in [0.15, 0.2) is 197 Å². The van der Waals surface area contributed by atoms with E-state index in [2.05, 4.69) is 201 Å². The molecule has 3 heteroatoms. The first-order valence-electron chi connectivity index (χ1n) is 20.0. The Morgan fingerprint density at radius 1 is 0.397 bits per heavy atom. The number of para-hydroxylation sites is 1. The fourth-order valence-electron chi connectivity index (χ4n) is 9.57. The molecule has 58 heavy (non-hydrogen) atoms. The lowest BCUT2D eigenvalue weighted by molar-refractivity contribution is 0.660. The summed E-state index contributed by atoms with van der Waals surface area (Å²) in [6, 6.07) is 67.6. The maximum Gasteiger partial charge on any atom is 0.144 e. The van der Waals surface area contributed by atoms with Crippen LogP contribution in [-0.4, -0.2) is 0 Å². The van der Waals surface area contributed by atoms with E-state index in [-0.39, 0.29) is 5.41 Å². The van der Waals surface area contributed by atoms with Gasteiger partial charge < -0.3 is 13.7 Å². The van der Waals surface area contributed by atoms with Gasteiger partial charge in [-0.3, -0.25) is 0 Å². The molecule has 0 radical (unpaired) electrons. The van der Waals surface area contributed by atoms with Gasteiger partial charge >= 0.3 is 0 Å². The molecule has 2 heterocycles. The molecule has 0 fully saturated rings. The molecule has 1 aliphatic rings. The van der Waals surface area contributed by atoms with Crippen molar-refractivity contribution in [1.82, 2.24) is 0 Å². The molecule has 2 aromatic heterocycles. The van der Waals surface area contributed by atoms with Crippen molar-refractivity contribution in [2.24, 2.45) is 0 Å². The Morgan fingerprint density at radius 2 is 1.05 bits per heavy atom. The summed E-state index contributed by atoms with van der Waals surface area (Å²) in [5, 5.41) is 6.60. The topological polar surface area (TPSA) is 29.5 Å².